The van der Waals surface area contributed by atoms with Crippen LogP contribution in [-0.2, 0) is 9.53 Å². The van der Waals surface area contributed by atoms with Gasteiger partial charge in [0, 0.05) is 11.6 Å². The van der Waals surface area contributed by atoms with Crippen LogP contribution in [0.25, 0.3) is 6.08 Å². The van der Waals surface area contributed by atoms with Gasteiger partial charge in [-0.05, 0) is 132 Å². The van der Waals surface area contributed by atoms with Gasteiger partial charge in [-0.15, -0.1) is 0 Å². The maximum atomic E-state index is 14.0. The van der Waals surface area contributed by atoms with Crippen LogP contribution in [0.1, 0.15) is 112 Å². The fourth-order valence-electron chi connectivity index (χ4n) is 12.6. The van der Waals surface area contributed by atoms with Gasteiger partial charge in [-0.25, -0.2) is 0 Å². The molecule has 0 amide bonds. The fourth-order valence-corrected chi connectivity index (χ4v) is 12.6. The first-order valence-electron chi connectivity index (χ1n) is 16.1. The van der Waals surface area contributed by atoms with Gasteiger partial charge in [-0.2, -0.15) is 0 Å². The number of nitrogens with zero attached hydrogens (tertiary/aromatic N) is 1. The largest absolute Gasteiger partial charge is 0.377 e. The molecule has 0 aromatic carbocycles. The average Bonchev–Trinajstić information content (AvgIpc) is 3.22. The molecule has 1 aromatic heterocycles. The number of carbonyl (C=O) groups excluding carboxylic acids is 1. The van der Waals surface area contributed by atoms with E-state index in [1.165, 1.54) is 51.4 Å². The molecule has 1 aliphatic heterocycles. The third kappa shape index (κ3) is 3.26. The molecule has 6 fully saturated rings. The Labute approximate surface area is 237 Å². The molecule has 0 radical (unpaired) electrons. The monoisotopic (exact) mass is 529 g/mol. The number of carbonyl (C=O) groups is 1. The predicted octanol–water partition coefficient (Wildman–Crippen LogP) is 8.53. The lowest BCUT2D eigenvalue weighted by Gasteiger charge is -2.73. The lowest BCUT2D eigenvalue weighted by atomic mass is 9.31. The highest BCUT2D eigenvalue weighted by Crippen LogP contribution is 2.78. The summed E-state index contributed by atoms with van der Waals surface area (Å²) >= 11 is 0. The highest BCUT2D eigenvalue weighted by molar-refractivity contribution is 6.04. The van der Waals surface area contributed by atoms with E-state index in [4.69, 9.17) is 4.74 Å². The SMILES string of the molecule is CC1(C)CC[C@]23CC[C@]4(C)[C@H](CC[C@@H]5[C@@]6(C)C/C(=C/c7ccccn7)C(=O)C(C)(C)[C@@H]6CC[C@]54C)[C@H]2[C@H]1OC3. The van der Waals surface area contributed by atoms with Crippen LogP contribution in [0.5, 0.6) is 0 Å². The van der Waals surface area contributed by atoms with E-state index < -0.39 is 0 Å². The Morgan fingerprint density at radius 3 is 2.38 bits per heavy atom. The van der Waals surface area contributed by atoms with Crippen LogP contribution in [0.4, 0.5) is 0 Å². The van der Waals surface area contributed by atoms with Crippen molar-refractivity contribution in [3.8, 4) is 0 Å². The number of rotatable bonds is 1. The Bertz CT molecular complexity index is 1220. The summed E-state index contributed by atoms with van der Waals surface area (Å²) in [5.74, 6) is 2.94. The topological polar surface area (TPSA) is 39.2 Å². The summed E-state index contributed by atoms with van der Waals surface area (Å²) in [6.07, 6.45) is 15.8. The standard InChI is InChI=1S/C36H51NO2/c1-31(2)15-17-36-18-16-34(6)25(28(36)30(31)39-22-36)11-12-27-33(5)21-23(20-24-10-8-9-19-37-24)29(38)32(3,4)26(33)13-14-35(27,34)7/h8-10,19-20,25-28,30H,11-18,21-22H2,1-7H3/b23-20-/t25-,26+,27-,28+,30-,33+,34-,35-,36-/m1/s1. The minimum Gasteiger partial charge on any atom is -0.377 e. The number of allylic oxidation sites excluding steroid dienone is 1. The van der Waals surface area contributed by atoms with Crippen molar-refractivity contribution in [2.75, 3.05) is 6.61 Å². The highest BCUT2D eigenvalue weighted by atomic mass is 16.5. The third-order valence-electron chi connectivity index (χ3n) is 14.7. The predicted molar refractivity (Wildman–Crippen MR) is 157 cm³/mol. The van der Waals surface area contributed by atoms with Gasteiger partial charge < -0.3 is 4.74 Å². The second-order valence-electron chi connectivity index (χ2n) is 16.9. The van der Waals surface area contributed by atoms with Gasteiger partial charge in [-0.1, -0.05) is 54.5 Å². The van der Waals surface area contributed by atoms with Crippen molar-refractivity contribution in [3.05, 3.63) is 35.7 Å². The molecule has 3 heteroatoms. The average molecular weight is 530 g/mol. The number of hydrogen-bond acceptors (Lipinski definition) is 3. The van der Waals surface area contributed by atoms with Crippen molar-refractivity contribution in [1.29, 1.82) is 0 Å². The van der Waals surface area contributed by atoms with E-state index in [0.717, 1.165) is 36.1 Å². The first kappa shape index (κ1) is 26.4. The number of hydrogen-bond donors (Lipinski definition) is 0. The number of aromatic nitrogens is 1. The minimum absolute atomic E-state index is 0.134. The lowest BCUT2D eigenvalue weighted by molar-refractivity contribution is -0.236. The number of Topliss-reactive ketones (excluding diaryl/α,β-unsaturated/α-hetero) is 1. The van der Waals surface area contributed by atoms with Gasteiger partial charge in [0.05, 0.1) is 18.4 Å². The highest BCUT2D eigenvalue weighted by Gasteiger charge is 2.73. The third-order valence-corrected chi connectivity index (χ3v) is 14.7. The Morgan fingerprint density at radius 1 is 0.872 bits per heavy atom. The van der Waals surface area contributed by atoms with Crippen molar-refractivity contribution in [3.63, 3.8) is 0 Å². The molecule has 1 aromatic rings. The van der Waals surface area contributed by atoms with Crippen molar-refractivity contribution >= 4 is 11.9 Å². The van der Waals surface area contributed by atoms with E-state index >= 15 is 0 Å². The summed E-state index contributed by atoms with van der Waals surface area (Å²) in [7, 11) is 0. The first-order valence-corrected chi connectivity index (χ1v) is 16.1. The molecule has 39 heavy (non-hydrogen) atoms. The molecular formula is C36H51NO2. The maximum Gasteiger partial charge on any atom is 0.164 e. The molecule has 0 unspecified atom stereocenters. The van der Waals surface area contributed by atoms with Crippen LogP contribution in [0, 0.1) is 56.2 Å². The van der Waals surface area contributed by atoms with Crippen molar-refractivity contribution < 1.29 is 9.53 Å². The van der Waals surface area contributed by atoms with Crippen LogP contribution in [0.15, 0.2) is 30.0 Å². The summed E-state index contributed by atoms with van der Waals surface area (Å²) in [5.41, 5.74) is 3.11. The van der Waals surface area contributed by atoms with E-state index in [2.05, 4.69) is 59.5 Å². The van der Waals surface area contributed by atoms with Gasteiger partial charge in [0.25, 0.3) is 0 Å². The molecule has 5 saturated carbocycles. The first-order chi connectivity index (χ1) is 18.3. The van der Waals surface area contributed by atoms with E-state index in [0.29, 0.717) is 45.4 Å². The molecule has 0 spiro atoms. The summed E-state index contributed by atoms with van der Waals surface area (Å²) in [6.45, 7) is 18.5. The van der Waals surface area contributed by atoms with Crippen LogP contribution in [-0.4, -0.2) is 23.5 Å². The van der Waals surface area contributed by atoms with Gasteiger partial charge in [0.1, 0.15) is 0 Å². The van der Waals surface area contributed by atoms with E-state index in [9.17, 15) is 4.79 Å². The molecular weight excluding hydrogens is 478 g/mol. The minimum atomic E-state index is -0.330. The number of ether oxygens (including phenoxy) is 1. The molecule has 7 rings (SSSR count). The molecule has 5 aliphatic carbocycles. The maximum absolute atomic E-state index is 14.0. The summed E-state index contributed by atoms with van der Waals surface area (Å²) in [4.78, 5) is 18.5. The summed E-state index contributed by atoms with van der Waals surface area (Å²) < 4.78 is 6.76. The van der Waals surface area contributed by atoms with E-state index in [1.54, 1.807) is 0 Å². The molecule has 9 atom stereocenters. The lowest BCUT2D eigenvalue weighted by Crippen LogP contribution is -2.67. The Morgan fingerprint density at radius 2 is 1.64 bits per heavy atom. The van der Waals surface area contributed by atoms with E-state index in [1.807, 2.05) is 24.4 Å². The quantitative estimate of drug-likeness (QED) is 0.342. The Hall–Kier alpha value is -1.48. The molecule has 1 saturated heterocycles. The smallest absolute Gasteiger partial charge is 0.164 e. The van der Waals surface area contributed by atoms with Gasteiger partial charge >= 0.3 is 0 Å². The van der Waals surface area contributed by atoms with Crippen LogP contribution in [0.3, 0.4) is 0 Å². The van der Waals surface area contributed by atoms with Gasteiger partial charge in [0.2, 0.25) is 0 Å². The zero-order chi connectivity index (χ0) is 27.6. The molecule has 3 nitrogen and oxygen atoms in total. The number of fused-ring (bicyclic) bond motifs is 5. The Kier molecular flexibility index (Phi) is 5.47. The van der Waals surface area contributed by atoms with Gasteiger partial charge in [-0.3, -0.25) is 9.78 Å². The van der Waals surface area contributed by atoms with E-state index in [-0.39, 0.29) is 10.8 Å². The summed E-state index contributed by atoms with van der Waals surface area (Å²) in [5, 5.41) is 0. The second kappa shape index (κ2) is 8.08. The number of pyridine rings is 1. The zero-order valence-electron chi connectivity index (χ0n) is 25.6. The van der Waals surface area contributed by atoms with Crippen molar-refractivity contribution in [2.24, 2.45) is 56.2 Å². The fraction of sp³-hybridized carbons (Fsp3) is 0.778. The van der Waals surface area contributed by atoms with Crippen LogP contribution >= 0.6 is 0 Å². The Balaban J connectivity index is 1.28. The van der Waals surface area contributed by atoms with Crippen LogP contribution in [0.2, 0.25) is 0 Å². The normalized spacial score (nSPS) is 50.5. The molecule has 6 aliphatic rings. The molecule has 2 bridgehead atoms. The number of ketones is 1. The van der Waals surface area contributed by atoms with Crippen molar-refractivity contribution in [2.45, 2.75) is 112 Å². The summed E-state index contributed by atoms with van der Waals surface area (Å²) in [6, 6.07) is 6.02. The van der Waals surface area contributed by atoms with Crippen molar-refractivity contribution in [1.82, 2.24) is 4.98 Å². The second-order valence-corrected chi connectivity index (χ2v) is 16.9. The van der Waals surface area contributed by atoms with Crippen LogP contribution < -0.4 is 0 Å². The molecule has 0 N–H and O–H groups in total. The van der Waals surface area contributed by atoms with Gasteiger partial charge in [0.15, 0.2) is 5.78 Å². The molecule has 212 valence electrons. The molecule has 2 heterocycles. The zero-order valence-corrected chi connectivity index (χ0v) is 25.6.